The predicted molar refractivity (Wildman–Crippen MR) is 96.8 cm³/mol. The molecule has 3 nitrogen and oxygen atoms in total. The molecule has 0 aromatic rings. The smallest absolute Gasteiger partial charge is 0.311 e. The van der Waals surface area contributed by atoms with Gasteiger partial charge in [-0.1, -0.05) is 25.0 Å². The van der Waals surface area contributed by atoms with E-state index in [9.17, 15) is 9.59 Å². The second-order valence-electron chi connectivity index (χ2n) is 9.77. The molecule has 0 aliphatic heterocycles. The van der Waals surface area contributed by atoms with E-state index in [2.05, 4.69) is 26.8 Å². The largest absolute Gasteiger partial charge is 0.469 e. The highest BCUT2D eigenvalue weighted by molar-refractivity contribution is 5.92. The highest BCUT2D eigenvalue weighted by Gasteiger charge is 2.62. The summed E-state index contributed by atoms with van der Waals surface area (Å²) in [4.78, 5) is 25.1. The van der Waals surface area contributed by atoms with Crippen LogP contribution >= 0.6 is 0 Å². The van der Waals surface area contributed by atoms with Gasteiger partial charge in [0.2, 0.25) is 0 Å². The molecule has 3 fully saturated rings. The molecule has 0 bridgehead atoms. The van der Waals surface area contributed by atoms with Gasteiger partial charge in [-0.15, -0.1) is 0 Å². The van der Waals surface area contributed by atoms with Crippen molar-refractivity contribution in [2.75, 3.05) is 7.11 Å². The third-order valence-electron chi connectivity index (χ3n) is 8.84. The summed E-state index contributed by atoms with van der Waals surface area (Å²) in [5.74, 6) is 1.98. The first kappa shape index (κ1) is 17.3. The molecular weight excluding hydrogens is 312 g/mol. The Morgan fingerprint density at radius 1 is 1.12 bits per heavy atom. The van der Waals surface area contributed by atoms with Gasteiger partial charge < -0.3 is 4.74 Å². The number of ketones is 1. The van der Waals surface area contributed by atoms with E-state index < -0.39 is 0 Å². The molecule has 0 heterocycles. The third kappa shape index (κ3) is 2.10. The maximum Gasteiger partial charge on any atom is 0.311 e. The van der Waals surface area contributed by atoms with Crippen molar-refractivity contribution in [1.82, 2.24) is 0 Å². The minimum absolute atomic E-state index is 0.0159. The third-order valence-corrected chi connectivity index (χ3v) is 8.84. The van der Waals surface area contributed by atoms with Crippen molar-refractivity contribution in [1.29, 1.82) is 0 Å². The van der Waals surface area contributed by atoms with Crippen LogP contribution in [0, 0.1) is 34.0 Å². The van der Waals surface area contributed by atoms with Crippen molar-refractivity contribution < 1.29 is 14.3 Å². The number of Topliss-reactive ketones (excluding diaryl/α,β-unsaturated/α-hetero) is 1. The average Bonchev–Trinajstić information content (AvgIpc) is 2.89. The highest BCUT2D eigenvalue weighted by atomic mass is 16.5. The molecule has 0 aromatic heterocycles. The molecule has 4 rings (SSSR count). The van der Waals surface area contributed by atoms with Crippen LogP contribution in [0.4, 0.5) is 0 Å². The van der Waals surface area contributed by atoms with Gasteiger partial charge in [0.15, 0.2) is 0 Å². The van der Waals surface area contributed by atoms with E-state index in [0.717, 1.165) is 38.5 Å². The minimum atomic E-state index is -0.340. The van der Waals surface area contributed by atoms with E-state index >= 15 is 0 Å². The van der Waals surface area contributed by atoms with Crippen LogP contribution in [0.15, 0.2) is 11.6 Å². The zero-order chi connectivity index (χ0) is 18.0. The lowest BCUT2D eigenvalue weighted by molar-refractivity contribution is -0.174. The molecule has 3 heteroatoms. The van der Waals surface area contributed by atoms with E-state index in [1.807, 2.05) is 0 Å². The maximum atomic E-state index is 12.6. The monoisotopic (exact) mass is 344 g/mol. The topological polar surface area (TPSA) is 43.4 Å². The van der Waals surface area contributed by atoms with Crippen LogP contribution in [0.5, 0.6) is 0 Å². The van der Waals surface area contributed by atoms with Gasteiger partial charge in [0.1, 0.15) is 5.78 Å². The van der Waals surface area contributed by atoms with Crippen molar-refractivity contribution in [3.05, 3.63) is 11.6 Å². The summed E-state index contributed by atoms with van der Waals surface area (Å²) in [6, 6.07) is 0. The molecule has 0 radical (unpaired) electrons. The summed E-state index contributed by atoms with van der Waals surface area (Å²) in [6.45, 7) is 6.76. The second kappa shape index (κ2) is 5.44. The number of carbonyl (C=O) groups excluding carboxylic acids is 2. The molecule has 0 unspecified atom stereocenters. The number of rotatable bonds is 1. The lowest BCUT2D eigenvalue weighted by Crippen LogP contribution is -2.57. The van der Waals surface area contributed by atoms with Crippen LogP contribution in [0.3, 0.4) is 0 Å². The Balaban J connectivity index is 1.70. The number of allylic oxidation sites excluding steroid dienone is 2. The Hall–Kier alpha value is -1.12. The van der Waals surface area contributed by atoms with Crippen molar-refractivity contribution >= 4 is 11.8 Å². The first-order chi connectivity index (χ1) is 11.8. The van der Waals surface area contributed by atoms with Crippen molar-refractivity contribution in [2.24, 2.45) is 34.0 Å². The number of hydrogen-bond donors (Lipinski definition) is 0. The Morgan fingerprint density at radius 3 is 2.60 bits per heavy atom. The standard InChI is InChI=1S/C22H32O3/c1-20-11-5-12-22(3,19(24)25-4)17(20)8-6-14-15-7-9-18(23)21(15,2)13-10-16(14)20/h7,14,16-17H,5-6,8-13H2,1-4H3/t14-,16-,17+,20+,21-,22+/m0/s1. The number of carbonyl (C=O) groups is 2. The van der Waals surface area contributed by atoms with Crippen LogP contribution < -0.4 is 0 Å². The Kier molecular flexibility index (Phi) is 3.76. The zero-order valence-electron chi connectivity index (χ0n) is 16.2. The quantitative estimate of drug-likeness (QED) is 0.511. The van der Waals surface area contributed by atoms with Gasteiger partial charge in [0, 0.05) is 11.8 Å². The molecule has 0 aromatic carbocycles. The van der Waals surface area contributed by atoms with Crippen molar-refractivity contribution in [3.63, 3.8) is 0 Å². The van der Waals surface area contributed by atoms with Crippen LogP contribution in [-0.2, 0) is 14.3 Å². The first-order valence-electron chi connectivity index (χ1n) is 10.1. The fraction of sp³-hybridized carbons (Fsp3) is 0.818. The summed E-state index contributed by atoms with van der Waals surface area (Å²) in [5, 5.41) is 0. The van der Waals surface area contributed by atoms with Gasteiger partial charge in [-0.2, -0.15) is 0 Å². The molecule has 25 heavy (non-hydrogen) atoms. The predicted octanol–water partition coefficient (Wildman–Crippen LogP) is 4.70. The van der Waals surface area contributed by atoms with Gasteiger partial charge in [-0.25, -0.2) is 0 Å². The number of methoxy groups -OCH3 is 1. The van der Waals surface area contributed by atoms with Gasteiger partial charge in [-0.3, -0.25) is 9.59 Å². The summed E-state index contributed by atoms with van der Waals surface area (Å²) < 4.78 is 5.23. The van der Waals surface area contributed by atoms with E-state index in [1.54, 1.807) is 0 Å². The molecule has 0 saturated heterocycles. The molecule has 4 aliphatic rings. The maximum absolute atomic E-state index is 12.6. The fourth-order valence-electron chi connectivity index (χ4n) is 7.50. The Labute approximate surface area is 151 Å². The first-order valence-corrected chi connectivity index (χ1v) is 10.1. The molecule has 0 spiro atoms. The lowest BCUT2D eigenvalue weighted by Gasteiger charge is -2.61. The van der Waals surface area contributed by atoms with E-state index in [4.69, 9.17) is 4.74 Å². The van der Waals surface area contributed by atoms with Crippen LogP contribution in [-0.4, -0.2) is 18.9 Å². The summed E-state index contributed by atoms with van der Waals surface area (Å²) in [7, 11) is 1.53. The summed E-state index contributed by atoms with van der Waals surface area (Å²) >= 11 is 0. The normalized spacial score (nSPS) is 48.9. The van der Waals surface area contributed by atoms with Gasteiger partial charge in [0.25, 0.3) is 0 Å². The number of ether oxygens (including phenoxy) is 1. The molecule has 3 saturated carbocycles. The molecule has 138 valence electrons. The summed E-state index contributed by atoms with van der Waals surface area (Å²) in [6.07, 6.45) is 10.5. The van der Waals surface area contributed by atoms with Crippen LogP contribution in [0.2, 0.25) is 0 Å². The average molecular weight is 344 g/mol. The van der Waals surface area contributed by atoms with Gasteiger partial charge in [0.05, 0.1) is 12.5 Å². The zero-order valence-corrected chi connectivity index (χ0v) is 16.2. The lowest BCUT2D eigenvalue weighted by atomic mass is 9.42. The molecule has 0 N–H and O–H groups in total. The molecular formula is C22H32O3. The van der Waals surface area contributed by atoms with E-state index in [1.165, 1.54) is 19.1 Å². The number of hydrogen-bond acceptors (Lipinski definition) is 3. The summed E-state index contributed by atoms with van der Waals surface area (Å²) in [5.41, 5.74) is 1.11. The van der Waals surface area contributed by atoms with Gasteiger partial charge >= 0.3 is 5.97 Å². The SMILES string of the molecule is COC(=O)[C@]1(C)CCC[C@@]2(C)[C@H]1CC[C@H]1C3=CCC(=O)[C@@]3(C)CC[C@@H]12. The molecule has 0 amide bonds. The minimum Gasteiger partial charge on any atom is -0.469 e. The van der Waals surface area contributed by atoms with E-state index in [0.29, 0.717) is 30.0 Å². The number of esters is 1. The highest BCUT2D eigenvalue weighted by Crippen LogP contribution is 2.67. The Morgan fingerprint density at radius 2 is 1.88 bits per heavy atom. The number of fused-ring (bicyclic) bond motifs is 5. The fourth-order valence-corrected chi connectivity index (χ4v) is 7.50. The van der Waals surface area contributed by atoms with Crippen molar-refractivity contribution in [3.8, 4) is 0 Å². The van der Waals surface area contributed by atoms with Crippen LogP contribution in [0.1, 0.15) is 72.1 Å². The van der Waals surface area contributed by atoms with Crippen LogP contribution in [0.25, 0.3) is 0 Å². The molecule has 4 aliphatic carbocycles. The van der Waals surface area contributed by atoms with Gasteiger partial charge in [-0.05, 0) is 75.5 Å². The Bertz CT molecular complexity index is 650. The van der Waals surface area contributed by atoms with E-state index in [-0.39, 0.29) is 22.2 Å². The molecule has 6 atom stereocenters. The second-order valence-corrected chi connectivity index (χ2v) is 9.77. The van der Waals surface area contributed by atoms with Crippen molar-refractivity contribution in [2.45, 2.75) is 72.1 Å².